The molecule has 2 bridgehead atoms. The molecule has 2 nitrogen and oxygen atoms in total. The molecular formula is C52H46N2. The summed E-state index contributed by atoms with van der Waals surface area (Å²) in [6, 6.07) is 67.5. The maximum atomic E-state index is 2.45. The highest BCUT2D eigenvalue weighted by molar-refractivity contribution is 5.85. The molecule has 0 saturated heterocycles. The number of fused-ring (bicyclic) bond motifs is 5. The topological polar surface area (TPSA) is 6.48 Å². The number of nitrogens with zero attached hydrogens (tertiary/aromatic N) is 2. The van der Waals surface area contributed by atoms with Crippen molar-refractivity contribution in [3.8, 4) is 11.1 Å². The molecule has 7 aromatic rings. The minimum atomic E-state index is -0.0584. The Bertz CT molecular complexity index is 2380. The fourth-order valence-corrected chi connectivity index (χ4v) is 10.5. The summed E-state index contributed by atoms with van der Waals surface area (Å²) < 4.78 is 0. The van der Waals surface area contributed by atoms with Gasteiger partial charge in [0.15, 0.2) is 0 Å². The normalized spacial score (nSPS) is 20.3. The molecule has 0 N–H and O–H groups in total. The number of hydrogen-bond acceptors (Lipinski definition) is 2. The van der Waals surface area contributed by atoms with Crippen LogP contribution in [0.5, 0.6) is 0 Å². The van der Waals surface area contributed by atoms with E-state index < -0.39 is 0 Å². The average molecular weight is 699 g/mol. The second kappa shape index (κ2) is 12.9. The van der Waals surface area contributed by atoms with Gasteiger partial charge in [-0.1, -0.05) is 129 Å². The van der Waals surface area contributed by atoms with Crippen molar-refractivity contribution < 1.29 is 0 Å². The molecule has 0 amide bonds. The second-order valence-corrected chi connectivity index (χ2v) is 16.2. The van der Waals surface area contributed by atoms with Crippen molar-refractivity contribution in [3.05, 3.63) is 204 Å². The van der Waals surface area contributed by atoms with E-state index in [1.54, 1.807) is 0 Å². The van der Waals surface area contributed by atoms with E-state index in [4.69, 9.17) is 0 Å². The van der Waals surface area contributed by atoms with Gasteiger partial charge in [0.1, 0.15) is 0 Å². The third-order valence-corrected chi connectivity index (χ3v) is 13.0. The Labute approximate surface area is 320 Å². The van der Waals surface area contributed by atoms with Crippen molar-refractivity contribution in [2.45, 2.75) is 50.4 Å². The van der Waals surface area contributed by atoms with Gasteiger partial charge in [-0.2, -0.15) is 0 Å². The Kier molecular flexibility index (Phi) is 7.84. The summed E-state index contributed by atoms with van der Waals surface area (Å²) >= 11 is 0. The van der Waals surface area contributed by atoms with Crippen LogP contribution >= 0.6 is 0 Å². The molecule has 0 spiro atoms. The number of benzene rings is 7. The fourth-order valence-electron chi connectivity index (χ4n) is 10.5. The fraction of sp³-hybridized carbons (Fsp3) is 0.192. The molecule has 7 aromatic carbocycles. The lowest BCUT2D eigenvalue weighted by molar-refractivity contribution is 0.320. The summed E-state index contributed by atoms with van der Waals surface area (Å²) in [5, 5.41) is 0. The van der Waals surface area contributed by atoms with Gasteiger partial charge in [0, 0.05) is 45.0 Å². The molecule has 3 aliphatic rings. The smallest absolute Gasteiger partial charge is 0.0465 e. The second-order valence-electron chi connectivity index (χ2n) is 16.2. The Balaban J connectivity index is 1.03. The maximum Gasteiger partial charge on any atom is 0.0465 e. The number of anilines is 6. The van der Waals surface area contributed by atoms with E-state index in [0.29, 0.717) is 5.92 Å². The van der Waals surface area contributed by atoms with E-state index in [1.165, 1.54) is 93.2 Å². The number of hydrogen-bond donors (Lipinski definition) is 0. The Morgan fingerprint density at radius 3 is 1.37 bits per heavy atom. The van der Waals surface area contributed by atoms with Crippen molar-refractivity contribution in [1.82, 2.24) is 0 Å². The standard InChI is InChI=1S/C52H46N2/c1-51(2)49-21-13-12-20-47(49)48-33-32-46(35-50(48)51)54(43-18-10-5-11-19-43)45-30-26-39(27-31-45)52(36-37-22-23-40(52)34-37)38-24-28-44(29-25-38)53(41-14-6-3-7-15-41)42-16-8-4-9-17-42/h3-21,24-33,35,37,40H,22-23,34,36H2,1-2H3. The van der Waals surface area contributed by atoms with Gasteiger partial charge in [-0.05, 0) is 137 Å². The maximum absolute atomic E-state index is 2.45. The zero-order chi connectivity index (χ0) is 36.3. The third kappa shape index (κ3) is 5.22. The molecule has 0 aliphatic heterocycles. The molecule has 3 aliphatic carbocycles. The lowest BCUT2D eigenvalue weighted by Gasteiger charge is -2.40. The van der Waals surface area contributed by atoms with Gasteiger partial charge in [0.2, 0.25) is 0 Å². The Morgan fingerprint density at radius 2 is 0.870 bits per heavy atom. The lowest BCUT2D eigenvalue weighted by Crippen LogP contribution is -2.34. The van der Waals surface area contributed by atoms with Crippen LogP contribution in [-0.2, 0) is 10.8 Å². The van der Waals surface area contributed by atoms with Gasteiger partial charge < -0.3 is 9.80 Å². The first-order valence-corrected chi connectivity index (χ1v) is 19.7. The highest BCUT2D eigenvalue weighted by atomic mass is 15.1. The van der Waals surface area contributed by atoms with Gasteiger partial charge in [0.25, 0.3) is 0 Å². The molecule has 264 valence electrons. The number of para-hydroxylation sites is 3. The van der Waals surface area contributed by atoms with E-state index in [1.807, 2.05) is 0 Å². The molecule has 0 aromatic heterocycles. The zero-order valence-corrected chi connectivity index (χ0v) is 31.2. The van der Waals surface area contributed by atoms with Crippen molar-refractivity contribution >= 4 is 34.1 Å². The van der Waals surface area contributed by atoms with Crippen LogP contribution in [0.2, 0.25) is 0 Å². The minimum Gasteiger partial charge on any atom is -0.311 e. The predicted octanol–water partition coefficient (Wildman–Crippen LogP) is 14.0. The molecule has 2 saturated carbocycles. The van der Waals surface area contributed by atoms with Gasteiger partial charge in [-0.3, -0.25) is 0 Å². The summed E-state index contributed by atoms with van der Waals surface area (Å²) in [5.74, 6) is 1.45. The predicted molar refractivity (Wildman–Crippen MR) is 226 cm³/mol. The van der Waals surface area contributed by atoms with Crippen LogP contribution in [-0.4, -0.2) is 0 Å². The molecule has 2 heteroatoms. The molecule has 54 heavy (non-hydrogen) atoms. The third-order valence-electron chi connectivity index (χ3n) is 13.0. The van der Waals surface area contributed by atoms with Crippen molar-refractivity contribution in [3.63, 3.8) is 0 Å². The number of rotatable bonds is 8. The molecule has 0 radical (unpaired) electrons. The summed E-state index contributed by atoms with van der Waals surface area (Å²) in [6.07, 6.45) is 5.21. The van der Waals surface area contributed by atoms with E-state index in [9.17, 15) is 0 Å². The van der Waals surface area contributed by atoms with Gasteiger partial charge in [-0.25, -0.2) is 0 Å². The quantitative estimate of drug-likeness (QED) is 0.156. The van der Waals surface area contributed by atoms with Crippen LogP contribution in [0, 0.1) is 11.8 Å². The van der Waals surface area contributed by atoms with E-state index in [2.05, 4.69) is 206 Å². The van der Waals surface area contributed by atoms with Crippen LogP contribution in [0.4, 0.5) is 34.1 Å². The first-order valence-electron chi connectivity index (χ1n) is 19.7. The molecule has 3 atom stereocenters. The van der Waals surface area contributed by atoms with Gasteiger partial charge in [-0.15, -0.1) is 0 Å². The van der Waals surface area contributed by atoms with Crippen LogP contribution in [0.25, 0.3) is 11.1 Å². The lowest BCUT2D eigenvalue weighted by atomic mass is 9.64. The molecular weight excluding hydrogens is 653 g/mol. The summed E-state index contributed by atoms with van der Waals surface area (Å²) in [4.78, 5) is 4.80. The molecule has 10 rings (SSSR count). The summed E-state index contributed by atoms with van der Waals surface area (Å²) in [7, 11) is 0. The van der Waals surface area contributed by atoms with Gasteiger partial charge >= 0.3 is 0 Å². The monoisotopic (exact) mass is 698 g/mol. The van der Waals surface area contributed by atoms with Crippen LogP contribution < -0.4 is 9.80 Å². The van der Waals surface area contributed by atoms with Crippen molar-refractivity contribution in [1.29, 1.82) is 0 Å². The highest BCUT2D eigenvalue weighted by Gasteiger charge is 2.52. The first-order chi connectivity index (χ1) is 26.5. The van der Waals surface area contributed by atoms with Crippen LogP contribution in [0.1, 0.15) is 61.8 Å². The first kappa shape index (κ1) is 32.8. The Hall–Kier alpha value is -5.86. The van der Waals surface area contributed by atoms with Crippen LogP contribution in [0.15, 0.2) is 182 Å². The average Bonchev–Trinajstić information content (AvgIpc) is 3.92. The summed E-state index contributed by atoms with van der Waals surface area (Å²) in [6.45, 7) is 4.73. The molecule has 3 unspecified atom stereocenters. The van der Waals surface area contributed by atoms with E-state index in [-0.39, 0.29) is 10.8 Å². The van der Waals surface area contributed by atoms with E-state index >= 15 is 0 Å². The van der Waals surface area contributed by atoms with Crippen molar-refractivity contribution in [2.75, 3.05) is 9.80 Å². The largest absolute Gasteiger partial charge is 0.311 e. The van der Waals surface area contributed by atoms with Crippen molar-refractivity contribution in [2.24, 2.45) is 11.8 Å². The highest BCUT2D eigenvalue weighted by Crippen LogP contribution is 2.60. The minimum absolute atomic E-state index is 0.0191. The van der Waals surface area contributed by atoms with Gasteiger partial charge in [0.05, 0.1) is 0 Å². The summed E-state index contributed by atoms with van der Waals surface area (Å²) in [5.41, 5.74) is 15.4. The molecule has 2 fully saturated rings. The molecule has 0 heterocycles. The Morgan fingerprint density at radius 1 is 0.426 bits per heavy atom. The van der Waals surface area contributed by atoms with E-state index in [0.717, 1.165) is 5.92 Å². The SMILES string of the molecule is CC1(C)c2ccccc2-c2ccc(N(c3ccccc3)c3ccc(C4(c5ccc(N(c6ccccc6)c6ccccc6)cc5)CC5CCC4C5)cc3)cc21. The zero-order valence-electron chi connectivity index (χ0n) is 31.2. The van der Waals surface area contributed by atoms with Crippen LogP contribution in [0.3, 0.4) is 0 Å².